The average molecular weight is 236 g/mol. The van der Waals surface area contributed by atoms with Crippen molar-refractivity contribution in [3.8, 4) is 0 Å². The van der Waals surface area contributed by atoms with Crippen molar-refractivity contribution < 1.29 is 4.39 Å². The molecule has 1 aliphatic rings. The molecule has 2 nitrogen and oxygen atoms in total. The van der Waals surface area contributed by atoms with Gasteiger partial charge in [-0.1, -0.05) is 12.1 Å². The van der Waals surface area contributed by atoms with Gasteiger partial charge in [-0.25, -0.2) is 4.39 Å². The fourth-order valence-electron chi connectivity index (χ4n) is 2.41. The quantitative estimate of drug-likeness (QED) is 0.848. The minimum absolute atomic E-state index is 0.142. The second-order valence-corrected chi connectivity index (χ2v) is 5.05. The summed E-state index contributed by atoms with van der Waals surface area (Å²) in [5, 5.41) is 3.49. The van der Waals surface area contributed by atoms with E-state index in [4.69, 9.17) is 0 Å². The molecule has 2 unspecified atom stereocenters. The van der Waals surface area contributed by atoms with Crippen LogP contribution in [0.2, 0.25) is 0 Å². The van der Waals surface area contributed by atoms with Crippen LogP contribution >= 0.6 is 0 Å². The Balaban J connectivity index is 2.05. The number of benzene rings is 1. The van der Waals surface area contributed by atoms with Gasteiger partial charge in [-0.2, -0.15) is 0 Å². The highest BCUT2D eigenvalue weighted by Gasteiger charge is 2.20. The second-order valence-electron chi connectivity index (χ2n) is 5.05. The van der Waals surface area contributed by atoms with Crippen molar-refractivity contribution in [2.75, 3.05) is 13.1 Å². The average Bonchev–Trinajstić information content (AvgIpc) is 2.41. The van der Waals surface area contributed by atoms with Gasteiger partial charge in [-0.3, -0.25) is 4.90 Å². The Morgan fingerprint density at radius 2 is 2.24 bits per heavy atom. The molecule has 0 radical (unpaired) electrons. The van der Waals surface area contributed by atoms with E-state index in [1.165, 1.54) is 6.07 Å². The zero-order valence-electron chi connectivity index (χ0n) is 10.6. The zero-order valence-corrected chi connectivity index (χ0v) is 10.6. The summed E-state index contributed by atoms with van der Waals surface area (Å²) in [5.74, 6) is -0.142. The molecule has 0 spiro atoms. The molecule has 0 amide bonds. The van der Waals surface area contributed by atoms with Crippen molar-refractivity contribution in [3.05, 3.63) is 35.6 Å². The maximum atomic E-state index is 13.1. The van der Waals surface area contributed by atoms with Crippen LogP contribution in [0.5, 0.6) is 0 Å². The van der Waals surface area contributed by atoms with Crippen molar-refractivity contribution in [1.29, 1.82) is 0 Å². The van der Waals surface area contributed by atoms with E-state index in [9.17, 15) is 4.39 Å². The number of hydrogen-bond donors (Lipinski definition) is 1. The largest absolute Gasteiger partial charge is 0.313 e. The van der Waals surface area contributed by atoms with Crippen LogP contribution in [0.4, 0.5) is 4.39 Å². The Morgan fingerprint density at radius 1 is 1.41 bits per heavy atom. The lowest BCUT2D eigenvalue weighted by molar-refractivity contribution is 0.198. The van der Waals surface area contributed by atoms with Crippen molar-refractivity contribution in [2.24, 2.45) is 0 Å². The molecule has 1 aliphatic heterocycles. The highest BCUT2D eigenvalue weighted by Crippen LogP contribution is 2.14. The molecule has 0 saturated carbocycles. The topological polar surface area (TPSA) is 15.3 Å². The Morgan fingerprint density at radius 3 is 3.00 bits per heavy atom. The molecule has 1 aromatic carbocycles. The van der Waals surface area contributed by atoms with Crippen LogP contribution < -0.4 is 5.32 Å². The molecule has 0 bridgehead atoms. The van der Waals surface area contributed by atoms with E-state index in [1.807, 2.05) is 6.07 Å². The van der Waals surface area contributed by atoms with Gasteiger partial charge in [0.1, 0.15) is 5.82 Å². The van der Waals surface area contributed by atoms with Gasteiger partial charge in [0.2, 0.25) is 0 Å². The van der Waals surface area contributed by atoms with Crippen LogP contribution in [0.3, 0.4) is 0 Å². The van der Waals surface area contributed by atoms with E-state index < -0.39 is 0 Å². The molecule has 1 N–H and O–H groups in total. The monoisotopic (exact) mass is 236 g/mol. The van der Waals surface area contributed by atoms with Crippen LogP contribution in [0.25, 0.3) is 0 Å². The van der Waals surface area contributed by atoms with E-state index >= 15 is 0 Å². The highest BCUT2D eigenvalue weighted by molar-refractivity contribution is 5.16. The minimum Gasteiger partial charge on any atom is -0.313 e. The number of nitrogens with zero attached hydrogens (tertiary/aromatic N) is 1. The third-order valence-corrected chi connectivity index (χ3v) is 3.46. The van der Waals surface area contributed by atoms with Gasteiger partial charge in [0.15, 0.2) is 0 Å². The van der Waals surface area contributed by atoms with E-state index in [-0.39, 0.29) is 5.82 Å². The molecule has 94 valence electrons. The third-order valence-electron chi connectivity index (χ3n) is 3.46. The molecule has 1 aromatic rings. The molecule has 3 heteroatoms. The first-order valence-electron chi connectivity index (χ1n) is 6.37. The summed E-state index contributed by atoms with van der Waals surface area (Å²) in [6.07, 6.45) is 1.15. The third kappa shape index (κ3) is 3.51. The van der Waals surface area contributed by atoms with E-state index in [0.29, 0.717) is 12.1 Å². The lowest BCUT2D eigenvalue weighted by atomic mass is 10.1. The molecule has 0 aliphatic carbocycles. The molecule has 17 heavy (non-hydrogen) atoms. The van der Waals surface area contributed by atoms with Gasteiger partial charge < -0.3 is 5.32 Å². The smallest absolute Gasteiger partial charge is 0.123 e. The normalized spacial score (nSPS) is 26.8. The molecule has 1 fully saturated rings. The van der Waals surface area contributed by atoms with Crippen molar-refractivity contribution in [3.63, 3.8) is 0 Å². The fraction of sp³-hybridized carbons (Fsp3) is 0.571. The zero-order chi connectivity index (χ0) is 12.3. The highest BCUT2D eigenvalue weighted by atomic mass is 19.1. The van der Waals surface area contributed by atoms with Crippen molar-refractivity contribution >= 4 is 0 Å². The molecule has 1 heterocycles. The van der Waals surface area contributed by atoms with Crippen LogP contribution in [0, 0.1) is 5.82 Å². The summed E-state index contributed by atoms with van der Waals surface area (Å²) in [5.41, 5.74) is 1.06. The van der Waals surface area contributed by atoms with Crippen LogP contribution in [0.15, 0.2) is 24.3 Å². The lowest BCUT2D eigenvalue weighted by Crippen LogP contribution is -2.37. The van der Waals surface area contributed by atoms with Gasteiger partial charge in [0.25, 0.3) is 0 Å². The van der Waals surface area contributed by atoms with Crippen molar-refractivity contribution in [2.45, 2.75) is 38.9 Å². The summed E-state index contributed by atoms with van der Waals surface area (Å²) in [6, 6.07) is 7.98. The van der Waals surface area contributed by atoms with Crippen molar-refractivity contribution in [1.82, 2.24) is 10.2 Å². The Bertz CT molecular complexity index is 367. The Kier molecular flexibility index (Phi) is 4.13. The van der Waals surface area contributed by atoms with Crippen LogP contribution in [0.1, 0.15) is 25.8 Å². The predicted octanol–water partition coefficient (Wildman–Crippen LogP) is 2.40. The fourth-order valence-corrected chi connectivity index (χ4v) is 2.41. The molecule has 2 rings (SSSR count). The predicted molar refractivity (Wildman–Crippen MR) is 68.4 cm³/mol. The SMILES string of the molecule is CC1CN(Cc2cccc(F)c2)C(C)CCN1. The summed E-state index contributed by atoms with van der Waals surface area (Å²) in [6.45, 7) is 7.39. The van der Waals surface area contributed by atoms with E-state index in [0.717, 1.165) is 31.6 Å². The first-order chi connectivity index (χ1) is 8.15. The summed E-state index contributed by atoms with van der Waals surface area (Å²) < 4.78 is 13.1. The number of hydrogen-bond acceptors (Lipinski definition) is 2. The molecule has 0 aromatic heterocycles. The summed E-state index contributed by atoms with van der Waals surface area (Å²) in [7, 11) is 0. The van der Waals surface area contributed by atoms with Gasteiger partial charge in [-0.05, 0) is 44.5 Å². The van der Waals surface area contributed by atoms with Crippen LogP contribution in [-0.2, 0) is 6.54 Å². The lowest BCUT2D eigenvalue weighted by Gasteiger charge is -2.28. The first kappa shape index (κ1) is 12.5. The summed E-state index contributed by atoms with van der Waals surface area (Å²) in [4.78, 5) is 2.43. The van der Waals surface area contributed by atoms with Gasteiger partial charge in [0, 0.05) is 25.2 Å². The van der Waals surface area contributed by atoms with E-state index in [2.05, 4.69) is 24.1 Å². The second kappa shape index (κ2) is 5.61. The maximum absolute atomic E-state index is 13.1. The molecular weight excluding hydrogens is 215 g/mol. The molecule has 2 atom stereocenters. The summed E-state index contributed by atoms with van der Waals surface area (Å²) >= 11 is 0. The minimum atomic E-state index is -0.142. The maximum Gasteiger partial charge on any atom is 0.123 e. The molecule has 1 saturated heterocycles. The van der Waals surface area contributed by atoms with Gasteiger partial charge in [-0.15, -0.1) is 0 Å². The first-order valence-corrected chi connectivity index (χ1v) is 6.37. The number of nitrogens with one attached hydrogen (secondary N) is 1. The Hall–Kier alpha value is -0.930. The standard InChI is InChI=1S/C14H21FN2/c1-11-9-17(12(2)6-7-16-11)10-13-4-3-5-14(15)8-13/h3-5,8,11-12,16H,6-7,9-10H2,1-2H3. The van der Waals surface area contributed by atoms with Gasteiger partial charge in [0.05, 0.1) is 0 Å². The van der Waals surface area contributed by atoms with Gasteiger partial charge >= 0.3 is 0 Å². The Labute approximate surface area is 103 Å². The molecular formula is C14H21FN2. The van der Waals surface area contributed by atoms with Crippen LogP contribution in [-0.4, -0.2) is 30.1 Å². The van der Waals surface area contributed by atoms with E-state index in [1.54, 1.807) is 12.1 Å². The number of halogens is 1. The number of rotatable bonds is 2.